The van der Waals surface area contributed by atoms with Gasteiger partial charge in [0.2, 0.25) is 5.91 Å². The number of hydrogen-bond acceptors (Lipinski definition) is 4. The van der Waals surface area contributed by atoms with Crippen LogP contribution in [0.25, 0.3) is 0 Å². The van der Waals surface area contributed by atoms with E-state index in [2.05, 4.69) is 0 Å². The van der Waals surface area contributed by atoms with Gasteiger partial charge < -0.3 is 10.0 Å². The minimum atomic E-state index is -0.936. The molecule has 1 aromatic heterocycles. The predicted octanol–water partition coefficient (Wildman–Crippen LogP) is 3.20. The lowest BCUT2D eigenvalue weighted by atomic mass is 10.3. The molecular formula is C14H13NO3S2. The number of carboxylic acids is 1. The molecule has 1 amide bonds. The van der Waals surface area contributed by atoms with Crippen LogP contribution >= 0.6 is 23.1 Å². The monoisotopic (exact) mass is 307 g/mol. The van der Waals surface area contributed by atoms with Crippen molar-refractivity contribution < 1.29 is 14.7 Å². The number of carbonyl (C=O) groups excluding carboxylic acids is 1. The van der Waals surface area contributed by atoms with Crippen LogP contribution in [0.1, 0.15) is 9.67 Å². The molecule has 0 radical (unpaired) electrons. The molecule has 0 atom stereocenters. The van der Waals surface area contributed by atoms with Gasteiger partial charge in [-0.25, -0.2) is 4.79 Å². The highest BCUT2D eigenvalue weighted by Crippen LogP contribution is 2.25. The molecule has 0 aliphatic heterocycles. The summed E-state index contributed by atoms with van der Waals surface area (Å²) in [5.74, 6) is -0.680. The Morgan fingerprint density at radius 2 is 2.00 bits per heavy atom. The summed E-state index contributed by atoms with van der Waals surface area (Å²) in [4.78, 5) is 25.5. The topological polar surface area (TPSA) is 57.6 Å². The maximum absolute atomic E-state index is 12.0. The normalized spacial score (nSPS) is 10.2. The largest absolute Gasteiger partial charge is 0.477 e. The number of benzene rings is 1. The van der Waals surface area contributed by atoms with E-state index in [4.69, 9.17) is 5.11 Å². The Hall–Kier alpha value is -1.79. The standard InChI is InChI=1S/C14H13NO3S2/c1-15(10-5-3-2-4-6-10)13(16)9-19-11-7-12(14(17)18)20-8-11/h2-8H,9H2,1H3,(H,17,18). The van der Waals surface area contributed by atoms with Gasteiger partial charge in [0.05, 0.1) is 5.75 Å². The van der Waals surface area contributed by atoms with Gasteiger partial charge in [0, 0.05) is 23.0 Å². The van der Waals surface area contributed by atoms with Gasteiger partial charge >= 0.3 is 5.97 Å². The second-order valence-corrected chi connectivity index (χ2v) is 5.99. The van der Waals surface area contributed by atoms with Crippen molar-refractivity contribution in [2.24, 2.45) is 0 Å². The third-order valence-corrected chi connectivity index (χ3v) is 4.69. The molecule has 2 rings (SSSR count). The van der Waals surface area contributed by atoms with Crippen LogP contribution in [0.3, 0.4) is 0 Å². The summed E-state index contributed by atoms with van der Waals surface area (Å²) in [7, 11) is 1.73. The van der Waals surface area contributed by atoms with Crippen LogP contribution in [-0.4, -0.2) is 29.8 Å². The average Bonchev–Trinajstić information content (AvgIpc) is 2.94. The van der Waals surface area contributed by atoms with Crippen LogP contribution in [0.4, 0.5) is 5.69 Å². The van der Waals surface area contributed by atoms with Gasteiger partial charge in [0.25, 0.3) is 0 Å². The summed E-state index contributed by atoms with van der Waals surface area (Å²) in [6.07, 6.45) is 0. The molecule has 0 unspecified atom stereocenters. The van der Waals surface area contributed by atoms with Gasteiger partial charge in [0.15, 0.2) is 0 Å². The van der Waals surface area contributed by atoms with Crippen LogP contribution in [0.2, 0.25) is 0 Å². The Morgan fingerprint density at radius 3 is 2.60 bits per heavy atom. The van der Waals surface area contributed by atoms with Gasteiger partial charge in [-0.3, -0.25) is 4.79 Å². The smallest absolute Gasteiger partial charge is 0.345 e. The van der Waals surface area contributed by atoms with E-state index in [1.807, 2.05) is 30.3 Å². The molecule has 0 aliphatic rings. The minimum absolute atomic E-state index is 0.0238. The average molecular weight is 307 g/mol. The maximum atomic E-state index is 12.0. The van der Waals surface area contributed by atoms with Crippen molar-refractivity contribution in [1.82, 2.24) is 0 Å². The van der Waals surface area contributed by atoms with E-state index in [1.54, 1.807) is 23.4 Å². The highest BCUT2D eigenvalue weighted by atomic mass is 32.2. The first-order valence-electron chi connectivity index (χ1n) is 5.84. The summed E-state index contributed by atoms with van der Waals surface area (Å²) < 4.78 is 0. The number of para-hydroxylation sites is 1. The number of thioether (sulfide) groups is 1. The fraction of sp³-hybridized carbons (Fsp3) is 0.143. The summed E-state index contributed by atoms with van der Waals surface area (Å²) in [6.45, 7) is 0. The lowest BCUT2D eigenvalue weighted by molar-refractivity contribution is -0.115. The molecular weight excluding hydrogens is 294 g/mol. The van der Waals surface area contributed by atoms with Gasteiger partial charge in [-0.2, -0.15) is 0 Å². The highest BCUT2D eigenvalue weighted by Gasteiger charge is 2.12. The van der Waals surface area contributed by atoms with Crippen molar-refractivity contribution in [2.75, 3.05) is 17.7 Å². The summed E-state index contributed by atoms with van der Waals surface area (Å²) in [6, 6.07) is 11.0. The molecule has 2 aromatic rings. The lowest BCUT2D eigenvalue weighted by Crippen LogP contribution is -2.27. The first-order valence-corrected chi connectivity index (χ1v) is 7.70. The third-order valence-electron chi connectivity index (χ3n) is 2.67. The van der Waals surface area contributed by atoms with Crippen LogP contribution in [0, 0.1) is 0 Å². The van der Waals surface area contributed by atoms with E-state index in [1.165, 1.54) is 23.1 Å². The molecule has 0 spiro atoms. The Kier molecular flexibility index (Phi) is 4.81. The second kappa shape index (κ2) is 6.58. The molecule has 0 bridgehead atoms. The molecule has 1 aromatic carbocycles. The molecule has 0 fully saturated rings. The molecule has 4 nitrogen and oxygen atoms in total. The molecule has 0 aliphatic carbocycles. The van der Waals surface area contributed by atoms with Gasteiger partial charge in [-0.1, -0.05) is 18.2 Å². The second-order valence-electron chi connectivity index (χ2n) is 4.03. The number of amides is 1. The van der Waals surface area contributed by atoms with Gasteiger partial charge in [0.1, 0.15) is 4.88 Å². The van der Waals surface area contributed by atoms with Gasteiger partial charge in [-0.15, -0.1) is 23.1 Å². The molecule has 0 saturated heterocycles. The zero-order valence-electron chi connectivity index (χ0n) is 10.8. The van der Waals surface area contributed by atoms with Crippen molar-refractivity contribution in [3.05, 3.63) is 46.7 Å². The van der Waals surface area contributed by atoms with Crippen molar-refractivity contribution in [3.8, 4) is 0 Å². The van der Waals surface area contributed by atoms with Crippen LogP contribution in [-0.2, 0) is 4.79 Å². The maximum Gasteiger partial charge on any atom is 0.345 e. The molecule has 20 heavy (non-hydrogen) atoms. The summed E-state index contributed by atoms with van der Waals surface area (Å²) in [5.41, 5.74) is 0.842. The fourth-order valence-corrected chi connectivity index (χ4v) is 3.33. The van der Waals surface area contributed by atoms with E-state index in [-0.39, 0.29) is 16.5 Å². The SMILES string of the molecule is CN(C(=O)CSc1csc(C(=O)O)c1)c1ccccc1. The highest BCUT2D eigenvalue weighted by molar-refractivity contribution is 8.00. The number of hydrogen-bond donors (Lipinski definition) is 1. The number of rotatable bonds is 5. The van der Waals surface area contributed by atoms with E-state index in [0.717, 1.165) is 10.6 Å². The fourth-order valence-electron chi connectivity index (χ4n) is 1.54. The first-order chi connectivity index (χ1) is 9.58. The predicted molar refractivity (Wildman–Crippen MR) is 81.9 cm³/mol. The van der Waals surface area contributed by atoms with Gasteiger partial charge in [-0.05, 0) is 18.2 Å². The Bertz CT molecular complexity index is 610. The molecule has 6 heteroatoms. The number of aromatic carboxylic acids is 1. The lowest BCUT2D eigenvalue weighted by Gasteiger charge is -2.16. The summed E-state index contributed by atoms with van der Waals surface area (Å²) in [5, 5.41) is 10.6. The summed E-state index contributed by atoms with van der Waals surface area (Å²) >= 11 is 2.51. The molecule has 1 N–H and O–H groups in total. The first kappa shape index (κ1) is 14.6. The third kappa shape index (κ3) is 3.61. The van der Waals surface area contributed by atoms with E-state index >= 15 is 0 Å². The van der Waals surface area contributed by atoms with Crippen molar-refractivity contribution in [1.29, 1.82) is 0 Å². The van der Waals surface area contributed by atoms with Crippen molar-refractivity contribution in [3.63, 3.8) is 0 Å². The molecule has 0 saturated carbocycles. The number of nitrogens with zero attached hydrogens (tertiary/aromatic N) is 1. The van der Waals surface area contributed by atoms with Crippen LogP contribution < -0.4 is 4.90 Å². The number of carboxylic acid groups (broad SMARTS) is 1. The Balaban J connectivity index is 1.93. The van der Waals surface area contributed by atoms with E-state index < -0.39 is 5.97 Å². The quantitative estimate of drug-likeness (QED) is 0.862. The minimum Gasteiger partial charge on any atom is -0.477 e. The zero-order chi connectivity index (χ0) is 14.5. The van der Waals surface area contributed by atoms with Crippen LogP contribution in [0.15, 0.2) is 46.7 Å². The zero-order valence-corrected chi connectivity index (χ0v) is 12.4. The van der Waals surface area contributed by atoms with Crippen molar-refractivity contribution >= 4 is 40.7 Å². The molecule has 1 heterocycles. The van der Waals surface area contributed by atoms with Crippen LogP contribution in [0.5, 0.6) is 0 Å². The van der Waals surface area contributed by atoms with Crippen molar-refractivity contribution in [2.45, 2.75) is 4.90 Å². The molecule has 104 valence electrons. The number of anilines is 1. The Morgan fingerprint density at radius 1 is 1.30 bits per heavy atom. The number of carbonyl (C=O) groups is 2. The van der Waals surface area contributed by atoms with E-state index in [9.17, 15) is 9.59 Å². The Labute approximate surface area is 125 Å². The number of thiophene rings is 1. The van der Waals surface area contributed by atoms with E-state index in [0.29, 0.717) is 0 Å².